The fourth-order valence-electron chi connectivity index (χ4n) is 2.40. The number of piperazine rings is 1. The molecule has 1 saturated heterocycles. The molecule has 0 aromatic carbocycles. The van der Waals surface area contributed by atoms with Gasteiger partial charge in [0.05, 0.1) is 0 Å². The number of rotatable bonds is 3. The Labute approximate surface area is 111 Å². The minimum absolute atomic E-state index is 0.00267. The van der Waals surface area contributed by atoms with E-state index < -0.39 is 0 Å². The van der Waals surface area contributed by atoms with Crippen LogP contribution in [0.3, 0.4) is 0 Å². The number of nitrogens with zero attached hydrogens (tertiary/aromatic N) is 4. The maximum atomic E-state index is 11.2. The summed E-state index contributed by atoms with van der Waals surface area (Å²) >= 11 is 0. The Morgan fingerprint density at radius 2 is 2.11 bits per heavy atom. The molecule has 3 heterocycles. The first-order chi connectivity index (χ1) is 9.20. The van der Waals surface area contributed by atoms with Gasteiger partial charge in [0.25, 0.3) is 0 Å². The molecule has 0 saturated carbocycles. The van der Waals surface area contributed by atoms with Gasteiger partial charge in [0.15, 0.2) is 11.1 Å². The first-order valence-corrected chi connectivity index (χ1v) is 6.69. The highest BCUT2D eigenvalue weighted by Gasteiger charge is 2.13. The molecule has 3 rings (SSSR count). The highest BCUT2D eigenvalue weighted by atomic mass is 16.1. The van der Waals surface area contributed by atoms with Crippen LogP contribution in [0.2, 0.25) is 0 Å². The topological polar surface area (TPSA) is 56.6 Å². The lowest BCUT2D eigenvalue weighted by molar-refractivity contribution is 0.155. The Morgan fingerprint density at radius 3 is 2.89 bits per heavy atom. The van der Waals surface area contributed by atoms with Gasteiger partial charge in [0, 0.05) is 57.5 Å². The van der Waals surface area contributed by atoms with Gasteiger partial charge < -0.3 is 9.80 Å². The van der Waals surface area contributed by atoms with E-state index in [0.717, 1.165) is 45.0 Å². The van der Waals surface area contributed by atoms with Gasteiger partial charge in [-0.05, 0) is 7.05 Å². The van der Waals surface area contributed by atoms with Gasteiger partial charge >= 0.3 is 0 Å². The Hall–Kier alpha value is -1.66. The van der Waals surface area contributed by atoms with Crippen LogP contribution < -0.4 is 5.43 Å². The third-order valence-electron chi connectivity index (χ3n) is 3.67. The van der Waals surface area contributed by atoms with Gasteiger partial charge in [-0.25, -0.2) is 9.50 Å². The Balaban J connectivity index is 1.63. The SMILES string of the molecule is CN1CCN(CCc2nc3cc(=O)ccn3[nH]2)CC1. The number of aromatic amines is 1. The van der Waals surface area contributed by atoms with E-state index in [4.69, 9.17) is 0 Å². The average molecular weight is 261 g/mol. The van der Waals surface area contributed by atoms with Crippen LogP contribution in [-0.4, -0.2) is 64.2 Å². The number of hydrogen-bond donors (Lipinski definition) is 1. The number of pyridine rings is 1. The summed E-state index contributed by atoms with van der Waals surface area (Å²) in [7, 11) is 2.16. The lowest BCUT2D eigenvalue weighted by atomic mass is 10.3. The third kappa shape index (κ3) is 2.85. The van der Waals surface area contributed by atoms with Gasteiger partial charge in [0.1, 0.15) is 5.82 Å². The largest absolute Gasteiger partial charge is 0.304 e. The van der Waals surface area contributed by atoms with E-state index in [0.29, 0.717) is 5.65 Å². The standard InChI is InChI=1S/C13H19N5O/c1-16-6-8-17(9-7-16)4-3-12-14-13-10-11(19)2-5-18(13)15-12/h2,5,10H,3-4,6-9H2,1H3,(H,14,15). The first-order valence-electron chi connectivity index (χ1n) is 6.69. The van der Waals surface area contributed by atoms with Crippen molar-refractivity contribution in [3.63, 3.8) is 0 Å². The van der Waals surface area contributed by atoms with Crippen molar-refractivity contribution >= 4 is 5.65 Å². The molecule has 1 fully saturated rings. The quantitative estimate of drug-likeness (QED) is 0.832. The van der Waals surface area contributed by atoms with E-state index in [9.17, 15) is 4.79 Å². The second-order valence-corrected chi connectivity index (χ2v) is 5.16. The van der Waals surface area contributed by atoms with Crippen LogP contribution in [0.1, 0.15) is 5.82 Å². The molecule has 0 atom stereocenters. The molecule has 1 aliphatic rings. The van der Waals surface area contributed by atoms with Gasteiger partial charge in [0.2, 0.25) is 0 Å². The Bertz CT molecular complexity index is 609. The molecule has 19 heavy (non-hydrogen) atoms. The average Bonchev–Trinajstić information content (AvgIpc) is 2.80. The van der Waals surface area contributed by atoms with E-state index in [1.54, 1.807) is 16.8 Å². The van der Waals surface area contributed by atoms with E-state index in [1.807, 2.05) is 0 Å². The highest BCUT2D eigenvalue weighted by Crippen LogP contribution is 2.03. The molecule has 0 spiro atoms. The summed E-state index contributed by atoms with van der Waals surface area (Å²) in [5.74, 6) is 0.935. The fourth-order valence-corrected chi connectivity index (χ4v) is 2.40. The van der Waals surface area contributed by atoms with Crippen molar-refractivity contribution in [3.05, 3.63) is 34.4 Å². The Kier molecular flexibility index (Phi) is 3.35. The number of fused-ring (bicyclic) bond motifs is 1. The minimum Gasteiger partial charge on any atom is -0.304 e. The second kappa shape index (κ2) is 5.14. The van der Waals surface area contributed by atoms with Crippen molar-refractivity contribution in [1.82, 2.24) is 24.4 Å². The molecule has 0 aliphatic carbocycles. The third-order valence-corrected chi connectivity index (χ3v) is 3.67. The van der Waals surface area contributed by atoms with E-state index >= 15 is 0 Å². The number of likely N-dealkylation sites (N-methyl/N-ethyl adjacent to an activating group) is 1. The fraction of sp³-hybridized carbons (Fsp3) is 0.538. The maximum Gasteiger partial charge on any atom is 0.183 e. The second-order valence-electron chi connectivity index (χ2n) is 5.16. The van der Waals surface area contributed by atoms with Crippen LogP contribution in [-0.2, 0) is 6.42 Å². The summed E-state index contributed by atoms with van der Waals surface area (Å²) < 4.78 is 1.79. The van der Waals surface area contributed by atoms with E-state index in [2.05, 4.69) is 26.9 Å². The molecule has 0 amide bonds. The summed E-state index contributed by atoms with van der Waals surface area (Å²) in [5.41, 5.74) is 0.693. The number of aromatic nitrogens is 3. The van der Waals surface area contributed by atoms with Gasteiger partial charge in [-0.15, -0.1) is 0 Å². The molecule has 0 bridgehead atoms. The first kappa shape index (κ1) is 12.4. The summed E-state index contributed by atoms with van der Waals surface area (Å²) in [6.45, 7) is 5.52. The molecule has 1 N–H and O–H groups in total. The Morgan fingerprint density at radius 1 is 1.32 bits per heavy atom. The monoisotopic (exact) mass is 261 g/mol. The lowest BCUT2D eigenvalue weighted by Crippen LogP contribution is -2.45. The predicted octanol–water partition coefficient (Wildman–Crippen LogP) is -0.187. The number of H-pyrrole nitrogens is 1. The van der Waals surface area contributed by atoms with Crippen molar-refractivity contribution in [3.8, 4) is 0 Å². The van der Waals surface area contributed by atoms with Crippen LogP contribution in [0.5, 0.6) is 0 Å². The summed E-state index contributed by atoms with van der Waals surface area (Å²) in [6.07, 6.45) is 2.61. The molecule has 102 valence electrons. The molecule has 1 aliphatic heterocycles. The van der Waals surface area contributed by atoms with Crippen LogP contribution in [0.4, 0.5) is 0 Å². The van der Waals surface area contributed by atoms with E-state index in [1.165, 1.54) is 6.07 Å². The predicted molar refractivity (Wildman–Crippen MR) is 73.5 cm³/mol. The van der Waals surface area contributed by atoms with Gasteiger partial charge in [-0.3, -0.25) is 9.89 Å². The van der Waals surface area contributed by atoms with E-state index in [-0.39, 0.29) is 5.43 Å². The summed E-state index contributed by atoms with van der Waals surface area (Å²) in [4.78, 5) is 20.5. The number of hydrogen-bond acceptors (Lipinski definition) is 4. The van der Waals surface area contributed by atoms with Crippen LogP contribution in [0, 0.1) is 0 Å². The lowest BCUT2D eigenvalue weighted by Gasteiger charge is -2.32. The van der Waals surface area contributed by atoms with Crippen molar-refractivity contribution in [2.45, 2.75) is 6.42 Å². The highest BCUT2D eigenvalue weighted by molar-refractivity contribution is 5.36. The van der Waals surface area contributed by atoms with Crippen molar-refractivity contribution in [2.24, 2.45) is 0 Å². The normalized spacial score (nSPS) is 18.2. The molecule has 6 nitrogen and oxygen atoms in total. The van der Waals surface area contributed by atoms with Crippen LogP contribution >= 0.6 is 0 Å². The van der Waals surface area contributed by atoms with Gasteiger partial charge in [-0.1, -0.05) is 0 Å². The molecule has 2 aromatic rings. The molecule has 2 aromatic heterocycles. The summed E-state index contributed by atoms with van der Waals surface area (Å²) in [5, 5.41) is 3.20. The zero-order chi connectivity index (χ0) is 13.2. The maximum absolute atomic E-state index is 11.2. The molecule has 6 heteroatoms. The smallest absolute Gasteiger partial charge is 0.183 e. The number of nitrogens with one attached hydrogen (secondary N) is 1. The van der Waals surface area contributed by atoms with Crippen LogP contribution in [0.25, 0.3) is 5.65 Å². The molecule has 0 radical (unpaired) electrons. The van der Waals surface area contributed by atoms with Crippen molar-refractivity contribution < 1.29 is 0 Å². The zero-order valence-electron chi connectivity index (χ0n) is 11.2. The van der Waals surface area contributed by atoms with Crippen LogP contribution in [0.15, 0.2) is 23.1 Å². The molecular formula is C13H19N5O. The van der Waals surface area contributed by atoms with Gasteiger partial charge in [-0.2, -0.15) is 0 Å². The molecule has 0 unspecified atom stereocenters. The summed E-state index contributed by atoms with van der Waals surface area (Å²) in [6, 6.07) is 3.09. The van der Waals surface area contributed by atoms with Crippen molar-refractivity contribution in [2.75, 3.05) is 39.8 Å². The zero-order valence-corrected chi connectivity index (χ0v) is 11.2. The van der Waals surface area contributed by atoms with Crippen molar-refractivity contribution in [1.29, 1.82) is 0 Å². The molecular weight excluding hydrogens is 242 g/mol. The minimum atomic E-state index is -0.00267.